The van der Waals surface area contributed by atoms with E-state index in [1.165, 1.54) is 6.92 Å². The Bertz CT molecular complexity index is 259. The summed E-state index contributed by atoms with van der Waals surface area (Å²) >= 11 is 0. The molecule has 0 aliphatic rings. The molecule has 0 spiro atoms. The van der Waals surface area contributed by atoms with Crippen LogP contribution in [0, 0.1) is 11.8 Å². The van der Waals surface area contributed by atoms with Crippen LogP contribution in [0.4, 0.5) is 0 Å². The van der Waals surface area contributed by atoms with Gasteiger partial charge in [0.2, 0.25) is 0 Å². The van der Waals surface area contributed by atoms with Crippen LogP contribution in [0.25, 0.3) is 0 Å². The number of aliphatic hydroxyl groups excluding tert-OH is 1. The summed E-state index contributed by atoms with van der Waals surface area (Å²) in [7, 11) is 0. The zero-order chi connectivity index (χ0) is 12.6. The SMILES string of the molecule is CC=CCC(C(=O)O)C(C)C(=O)OCCO. The van der Waals surface area contributed by atoms with Gasteiger partial charge < -0.3 is 14.9 Å². The molecular formula is C11H18O5. The van der Waals surface area contributed by atoms with Crippen LogP contribution < -0.4 is 0 Å². The molecule has 2 unspecified atom stereocenters. The van der Waals surface area contributed by atoms with Crippen molar-refractivity contribution in [3.05, 3.63) is 12.2 Å². The van der Waals surface area contributed by atoms with Crippen molar-refractivity contribution in [1.29, 1.82) is 0 Å². The van der Waals surface area contributed by atoms with E-state index in [-0.39, 0.29) is 13.2 Å². The lowest BCUT2D eigenvalue weighted by Crippen LogP contribution is -2.29. The van der Waals surface area contributed by atoms with Crippen LogP contribution in [0.2, 0.25) is 0 Å². The molecule has 5 heteroatoms. The molecule has 0 aromatic rings. The average Bonchev–Trinajstić information content (AvgIpc) is 2.25. The van der Waals surface area contributed by atoms with Gasteiger partial charge in [-0.05, 0) is 13.3 Å². The van der Waals surface area contributed by atoms with Crippen LogP contribution in [-0.2, 0) is 14.3 Å². The predicted octanol–water partition coefficient (Wildman–Crippen LogP) is 0.825. The monoisotopic (exact) mass is 230 g/mol. The third-order valence-corrected chi connectivity index (χ3v) is 2.25. The Morgan fingerprint density at radius 1 is 1.44 bits per heavy atom. The van der Waals surface area contributed by atoms with E-state index in [1.54, 1.807) is 19.1 Å². The lowest BCUT2D eigenvalue weighted by Gasteiger charge is -2.17. The molecule has 5 nitrogen and oxygen atoms in total. The van der Waals surface area contributed by atoms with Gasteiger partial charge in [-0.15, -0.1) is 0 Å². The zero-order valence-corrected chi connectivity index (χ0v) is 9.55. The fraction of sp³-hybridized carbons (Fsp3) is 0.636. The molecule has 2 N–H and O–H groups in total. The van der Waals surface area contributed by atoms with Gasteiger partial charge in [0.15, 0.2) is 0 Å². The van der Waals surface area contributed by atoms with Gasteiger partial charge in [0.05, 0.1) is 18.4 Å². The highest BCUT2D eigenvalue weighted by atomic mass is 16.5. The molecule has 0 bridgehead atoms. The number of ether oxygens (including phenoxy) is 1. The summed E-state index contributed by atoms with van der Waals surface area (Å²) in [6.07, 6.45) is 3.73. The molecule has 92 valence electrons. The molecule has 0 rings (SSSR count). The molecule has 0 aliphatic carbocycles. The molecule has 0 aromatic carbocycles. The Kier molecular flexibility index (Phi) is 7.20. The van der Waals surface area contributed by atoms with Crippen molar-refractivity contribution in [2.24, 2.45) is 11.8 Å². The number of hydrogen-bond donors (Lipinski definition) is 2. The summed E-state index contributed by atoms with van der Waals surface area (Å²) in [5.74, 6) is -3.12. The van der Waals surface area contributed by atoms with E-state index >= 15 is 0 Å². The van der Waals surface area contributed by atoms with E-state index in [1.807, 2.05) is 0 Å². The van der Waals surface area contributed by atoms with Crippen LogP contribution in [0.15, 0.2) is 12.2 Å². The van der Waals surface area contributed by atoms with Crippen molar-refractivity contribution in [3.63, 3.8) is 0 Å². The Hall–Kier alpha value is -1.36. The maximum Gasteiger partial charge on any atom is 0.309 e. The van der Waals surface area contributed by atoms with Gasteiger partial charge in [0.1, 0.15) is 6.61 Å². The summed E-state index contributed by atoms with van der Waals surface area (Å²) in [5.41, 5.74) is 0. The first-order valence-corrected chi connectivity index (χ1v) is 5.16. The zero-order valence-electron chi connectivity index (χ0n) is 9.55. The molecule has 16 heavy (non-hydrogen) atoms. The number of esters is 1. The molecule has 0 radical (unpaired) electrons. The van der Waals surface area contributed by atoms with Crippen molar-refractivity contribution in [2.45, 2.75) is 20.3 Å². The van der Waals surface area contributed by atoms with Gasteiger partial charge in [0, 0.05) is 0 Å². The second-order valence-corrected chi connectivity index (χ2v) is 3.43. The number of rotatable bonds is 7. The maximum atomic E-state index is 11.4. The fourth-order valence-corrected chi connectivity index (χ4v) is 1.24. The summed E-state index contributed by atoms with van der Waals surface area (Å²) in [5, 5.41) is 17.4. The van der Waals surface area contributed by atoms with Crippen LogP contribution >= 0.6 is 0 Å². The van der Waals surface area contributed by atoms with Crippen molar-refractivity contribution in [2.75, 3.05) is 13.2 Å². The highest BCUT2D eigenvalue weighted by Crippen LogP contribution is 2.18. The summed E-state index contributed by atoms with van der Waals surface area (Å²) in [6.45, 7) is 2.94. The normalized spacial score (nSPS) is 14.7. The number of hydrogen-bond acceptors (Lipinski definition) is 4. The molecule has 0 heterocycles. The van der Waals surface area contributed by atoms with Crippen molar-refractivity contribution >= 4 is 11.9 Å². The number of carboxylic acid groups (broad SMARTS) is 1. The second kappa shape index (κ2) is 7.87. The van der Waals surface area contributed by atoms with E-state index in [9.17, 15) is 9.59 Å². The molecule has 0 aromatic heterocycles. The Balaban J connectivity index is 4.41. The fourth-order valence-electron chi connectivity index (χ4n) is 1.24. The van der Waals surface area contributed by atoms with E-state index in [2.05, 4.69) is 4.74 Å². The minimum atomic E-state index is -1.02. The number of allylic oxidation sites excluding steroid dienone is 2. The molecule has 0 saturated carbocycles. The number of aliphatic hydroxyl groups is 1. The number of carbonyl (C=O) groups excluding carboxylic acids is 1. The standard InChI is InChI=1S/C11H18O5/c1-3-4-5-9(10(13)14)8(2)11(15)16-7-6-12/h3-4,8-9,12H,5-7H2,1-2H3,(H,13,14). The smallest absolute Gasteiger partial charge is 0.309 e. The van der Waals surface area contributed by atoms with Crippen LogP contribution in [0.3, 0.4) is 0 Å². The van der Waals surface area contributed by atoms with Gasteiger partial charge in [-0.25, -0.2) is 0 Å². The first-order chi connectivity index (χ1) is 7.54. The largest absolute Gasteiger partial charge is 0.481 e. The van der Waals surface area contributed by atoms with Crippen molar-refractivity contribution in [3.8, 4) is 0 Å². The highest BCUT2D eigenvalue weighted by molar-refractivity contribution is 5.80. The van der Waals surface area contributed by atoms with Crippen molar-refractivity contribution < 1.29 is 24.5 Å². The van der Waals surface area contributed by atoms with E-state index in [4.69, 9.17) is 10.2 Å². The summed E-state index contributed by atoms with van der Waals surface area (Å²) in [6, 6.07) is 0. The predicted molar refractivity (Wildman–Crippen MR) is 57.8 cm³/mol. The Morgan fingerprint density at radius 3 is 2.50 bits per heavy atom. The average molecular weight is 230 g/mol. The maximum absolute atomic E-state index is 11.4. The van der Waals surface area contributed by atoms with E-state index < -0.39 is 23.8 Å². The quantitative estimate of drug-likeness (QED) is 0.500. The van der Waals surface area contributed by atoms with Gasteiger partial charge in [-0.2, -0.15) is 0 Å². The third kappa shape index (κ3) is 4.93. The van der Waals surface area contributed by atoms with Crippen LogP contribution in [0.5, 0.6) is 0 Å². The summed E-state index contributed by atoms with van der Waals surface area (Å²) in [4.78, 5) is 22.3. The van der Waals surface area contributed by atoms with Gasteiger partial charge >= 0.3 is 11.9 Å². The first kappa shape index (κ1) is 14.6. The summed E-state index contributed by atoms with van der Waals surface area (Å²) < 4.78 is 4.69. The van der Waals surface area contributed by atoms with Gasteiger partial charge in [-0.3, -0.25) is 9.59 Å². The Labute approximate surface area is 94.7 Å². The number of carbonyl (C=O) groups is 2. The second-order valence-electron chi connectivity index (χ2n) is 3.43. The minimum Gasteiger partial charge on any atom is -0.481 e. The minimum absolute atomic E-state index is 0.0981. The topological polar surface area (TPSA) is 83.8 Å². The molecule has 0 saturated heterocycles. The van der Waals surface area contributed by atoms with E-state index in [0.29, 0.717) is 6.42 Å². The third-order valence-electron chi connectivity index (χ3n) is 2.25. The van der Waals surface area contributed by atoms with Gasteiger partial charge in [-0.1, -0.05) is 19.1 Å². The molecule has 0 amide bonds. The van der Waals surface area contributed by atoms with Crippen molar-refractivity contribution in [1.82, 2.24) is 0 Å². The lowest BCUT2D eigenvalue weighted by atomic mass is 9.91. The first-order valence-electron chi connectivity index (χ1n) is 5.16. The number of carboxylic acids is 1. The molecule has 2 atom stereocenters. The lowest BCUT2D eigenvalue weighted by molar-refractivity contribution is -0.157. The highest BCUT2D eigenvalue weighted by Gasteiger charge is 2.29. The Morgan fingerprint density at radius 2 is 2.06 bits per heavy atom. The van der Waals surface area contributed by atoms with Crippen LogP contribution in [-0.4, -0.2) is 35.4 Å². The number of aliphatic carboxylic acids is 1. The van der Waals surface area contributed by atoms with E-state index in [0.717, 1.165) is 0 Å². The molecular weight excluding hydrogens is 212 g/mol. The van der Waals surface area contributed by atoms with Crippen LogP contribution in [0.1, 0.15) is 20.3 Å². The molecule has 0 fully saturated rings. The van der Waals surface area contributed by atoms with Gasteiger partial charge in [0.25, 0.3) is 0 Å². The molecule has 0 aliphatic heterocycles.